The van der Waals surface area contributed by atoms with Gasteiger partial charge in [-0.25, -0.2) is 0 Å². The normalized spacial score (nSPS) is 26.0. The Hall–Kier alpha value is -0.330. The number of nitrogens with two attached hydrogens (primary N) is 1. The molecule has 1 heterocycles. The van der Waals surface area contributed by atoms with Gasteiger partial charge >= 0.3 is 6.18 Å². The highest BCUT2D eigenvalue weighted by molar-refractivity contribution is 4.87. The van der Waals surface area contributed by atoms with Gasteiger partial charge in [0.05, 0.1) is 0 Å². The molecule has 0 amide bonds. The van der Waals surface area contributed by atoms with E-state index in [4.69, 9.17) is 5.73 Å². The van der Waals surface area contributed by atoms with E-state index in [0.29, 0.717) is 13.1 Å². The molecule has 0 aromatic heterocycles. The molecule has 1 aliphatic heterocycles. The standard InChI is InChI=1S/C12H24F3N3/c1-3-10-9-17(2)7-4-8-18(10)11(5-6-16)12(13,14)15/h10-11H,3-9,16H2,1-2H3. The van der Waals surface area contributed by atoms with Gasteiger partial charge in [-0.05, 0) is 39.4 Å². The van der Waals surface area contributed by atoms with Crippen LogP contribution < -0.4 is 5.73 Å². The zero-order valence-electron chi connectivity index (χ0n) is 11.2. The molecule has 0 bridgehead atoms. The molecular weight excluding hydrogens is 243 g/mol. The Labute approximate surface area is 107 Å². The number of rotatable bonds is 4. The molecule has 1 rings (SSSR count). The van der Waals surface area contributed by atoms with E-state index in [1.807, 2.05) is 14.0 Å². The largest absolute Gasteiger partial charge is 0.404 e. The summed E-state index contributed by atoms with van der Waals surface area (Å²) < 4.78 is 39.4. The van der Waals surface area contributed by atoms with Crippen molar-refractivity contribution in [2.75, 3.05) is 33.2 Å². The number of likely N-dealkylation sites (N-methyl/N-ethyl adjacent to an activating group) is 1. The summed E-state index contributed by atoms with van der Waals surface area (Å²) in [4.78, 5) is 3.74. The maximum atomic E-state index is 13.1. The summed E-state index contributed by atoms with van der Waals surface area (Å²) in [7, 11) is 1.97. The molecular formula is C12H24F3N3. The van der Waals surface area contributed by atoms with Gasteiger partial charge in [-0.2, -0.15) is 13.2 Å². The van der Waals surface area contributed by atoms with Crippen LogP contribution in [-0.4, -0.2) is 61.3 Å². The summed E-state index contributed by atoms with van der Waals surface area (Å²) in [5.41, 5.74) is 5.35. The van der Waals surface area contributed by atoms with Gasteiger partial charge in [0.2, 0.25) is 0 Å². The van der Waals surface area contributed by atoms with Crippen molar-refractivity contribution < 1.29 is 13.2 Å². The van der Waals surface area contributed by atoms with Crippen molar-refractivity contribution in [2.45, 2.75) is 44.4 Å². The minimum Gasteiger partial charge on any atom is -0.330 e. The molecule has 0 radical (unpaired) electrons. The number of hydrogen-bond donors (Lipinski definition) is 1. The Morgan fingerprint density at radius 3 is 2.50 bits per heavy atom. The predicted octanol–water partition coefficient (Wildman–Crippen LogP) is 1.68. The third-order valence-corrected chi connectivity index (χ3v) is 3.64. The van der Waals surface area contributed by atoms with Crippen LogP contribution in [0.2, 0.25) is 0 Å². The summed E-state index contributed by atoms with van der Waals surface area (Å²) in [5, 5.41) is 0. The second-order valence-corrected chi connectivity index (χ2v) is 5.05. The van der Waals surface area contributed by atoms with Crippen molar-refractivity contribution >= 4 is 0 Å². The molecule has 18 heavy (non-hydrogen) atoms. The molecule has 0 aromatic carbocycles. The summed E-state index contributed by atoms with van der Waals surface area (Å²) in [6.07, 6.45) is -2.68. The zero-order valence-corrected chi connectivity index (χ0v) is 11.2. The lowest BCUT2D eigenvalue weighted by atomic mass is 10.1. The predicted molar refractivity (Wildman–Crippen MR) is 66.4 cm³/mol. The topological polar surface area (TPSA) is 32.5 Å². The van der Waals surface area contributed by atoms with Gasteiger partial charge in [-0.3, -0.25) is 4.90 Å². The van der Waals surface area contributed by atoms with Crippen molar-refractivity contribution in [3.8, 4) is 0 Å². The molecule has 1 fully saturated rings. The third-order valence-electron chi connectivity index (χ3n) is 3.64. The maximum absolute atomic E-state index is 13.1. The smallest absolute Gasteiger partial charge is 0.330 e. The van der Waals surface area contributed by atoms with Crippen molar-refractivity contribution in [1.82, 2.24) is 9.80 Å². The highest BCUT2D eigenvalue weighted by atomic mass is 19.4. The Morgan fingerprint density at radius 2 is 2.00 bits per heavy atom. The lowest BCUT2D eigenvalue weighted by Gasteiger charge is -2.37. The molecule has 108 valence electrons. The van der Waals surface area contributed by atoms with Crippen LogP contribution in [0.4, 0.5) is 13.2 Å². The van der Waals surface area contributed by atoms with Gasteiger partial charge in [0.15, 0.2) is 0 Å². The van der Waals surface area contributed by atoms with Gasteiger partial charge in [0.25, 0.3) is 0 Å². The molecule has 0 aromatic rings. The summed E-state index contributed by atoms with van der Waals surface area (Å²) in [6, 6.07) is -1.42. The molecule has 2 N–H and O–H groups in total. The lowest BCUT2D eigenvalue weighted by Crippen LogP contribution is -2.53. The molecule has 0 aliphatic carbocycles. The molecule has 3 nitrogen and oxygen atoms in total. The van der Waals surface area contributed by atoms with Crippen LogP contribution in [0.25, 0.3) is 0 Å². The average molecular weight is 267 g/mol. The van der Waals surface area contributed by atoms with Gasteiger partial charge in [0, 0.05) is 19.1 Å². The van der Waals surface area contributed by atoms with Gasteiger partial charge in [-0.1, -0.05) is 6.92 Å². The van der Waals surface area contributed by atoms with E-state index in [-0.39, 0.29) is 19.0 Å². The van der Waals surface area contributed by atoms with Crippen LogP contribution in [0.3, 0.4) is 0 Å². The van der Waals surface area contributed by atoms with Crippen molar-refractivity contribution in [3.05, 3.63) is 0 Å². The van der Waals surface area contributed by atoms with E-state index < -0.39 is 12.2 Å². The van der Waals surface area contributed by atoms with Crippen molar-refractivity contribution in [1.29, 1.82) is 0 Å². The molecule has 1 aliphatic rings. The number of alkyl halides is 3. The van der Waals surface area contributed by atoms with Gasteiger partial charge < -0.3 is 10.6 Å². The Morgan fingerprint density at radius 1 is 1.33 bits per heavy atom. The first kappa shape index (κ1) is 15.7. The Bertz CT molecular complexity index is 245. The monoisotopic (exact) mass is 267 g/mol. The van der Waals surface area contributed by atoms with Crippen LogP contribution in [0.15, 0.2) is 0 Å². The SMILES string of the molecule is CCC1CN(C)CCCN1C(CCN)C(F)(F)F. The fourth-order valence-electron chi connectivity index (χ4n) is 2.71. The van der Waals surface area contributed by atoms with E-state index in [0.717, 1.165) is 19.4 Å². The van der Waals surface area contributed by atoms with Gasteiger partial charge in [0.1, 0.15) is 6.04 Å². The van der Waals surface area contributed by atoms with E-state index in [1.165, 1.54) is 0 Å². The first-order chi connectivity index (χ1) is 8.40. The van der Waals surface area contributed by atoms with Crippen LogP contribution >= 0.6 is 0 Å². The first-order valence-corrected chi connectivity index (χ1v) is 6.61. The van der Waals surface area contributed by atoms with Crippen LogP contribution in [-0.2, 0) is 0 Å². The highest BCUT2D eigenvalue weighted by Crippen LogP contribution is 2.30. The number of hydrogen-bond acceptors (Lipinski definition) is 3. The van der Waals surface area contributed by atoms with Crippen LogP contribution in [0, 0.1) is 0 Å². The summed E-state index contributed by atoms with van der Waals surface area (Å²) in [6.45, 7) is 4.10. The van der Waals surface area contributed by atoms with Crippen LogP contribution in [0.5, 0.6) is 0 Å². The number of nitrogens with zero attached hydrogens (tertiary/aromatic N) is 2. The second kappa shape index (κ2) is 6.73. The van der Waals surface area contributed by atoms with Crippen LogP contribution in [0.1, 0.15) is 26.2 Å². The fraction of sp³-hybridized carbons (Fsp3) is 1.00. The molecule has 2 atom stereocenters. The van der Waals surface area contributed by atoms with Crippen molar-refractivity contribution in [2.24, 2.45) is 5.73 Å². The fourth-order valence-corrected chi connectivity index (χ4v) is 2.71. The lowest BCUT2D eigenvalue weighted by molar-refractivity contribution is -0.190. The zero-order chi connectivity index (χ0) is 13.8. The molecule has 0 spiro atoms. The number of halogens is 3. The Balaban J connectivity index is 2.85. The maximum Gasteiger partial charge on any atom is 0.404 e. The van der Waals surface area contributed by atoms with E-state index in [2.05, 4.69) is 4.90 Å². The summed E-state index contributed by atoms with van der Waals surface area (Å²) in [5.74, 6) is 0. The highest BCUT2D eigenvalue weighted by Gasteiger charge is 2.45. The minimum absolute atomic E-state index is 0.0102. The third kappa shape index (κ3) is 4.10. The average Bonchev–Trinajstić information content (AvgIpc) is 2.46. The van der Waals surface area contributed by atoms with Crippen molar-refractivity contribution in [3.63, 3.8) is 0 Å². The molecule has 1 saturated heterocycles. The Kier molecular flexibility index (Phi) is 5.88. The quantitative estimate of drug-likeness (QED) is 0.841. The summed E-state index contributed by atoms with van der Waals surface area (Å²) >= 11 is 0. The van der Waals surface area contributed by atoms with E-state index >= 15 is 0 Å². The second-order valence-electron chi connectivity index (χ2n) is 5.05. The molecule has 6 heteroatoms. The first-order valence-electron chi connectivity index (χ1n) is 6.61. The van der Waals surface area contributed by atoms with E-state index in [1.54, 1.807) is 4.90 Å². The molecule has 0 saturated carbocycles. The minimum atomic E-state index is -4.18. The molecule has 2 unspecified atom stereocenters. The van der Waals surface area contributed by atoms with Gasteiger partial charge in [-0.15, -0.1) is 0 Å². The van der Waals surface area contributed by atoms with E-state index in [9.17, 15) is 13.2 Å².